The number of amides is 1. The molecule has 0 aliphatic carbocycles. The molecule has 2 rings (SSSR count). The first-order valence-electron chi connectivity index (χ1n) is 7.77. The van der Waals surface area contributed by atoms with Crippen LogP contribution in [0.3, 0.4) is 0 Å². The van der Waals surface area contributed by atoms with E-state index < -0.39 is 0 Å². The van der Waals surface area contributed by atoms with E-state index in [4.69, 9.17) is 16.3 Å². The second-order valence-corrected chi connectivity index (χ2v) is 6.12. The Balaban J connectivity index is 1.74. The summed E-state index contributed by atoms with van der Waals surface area (Å²) in [7, 11) is 0. The minimum atomic E-state index is -0.136. The van der Waals surface area contributed by atoms with E-state index in [-0.39, 0.29) is 18.6 Å². The van der Waals surface area contributed by atoms with Gasteiger partial charge in [0, 0.05) is 6.04 Å². The summed E-state index contributed by atoms with van der Waals surface area (Å²) in [5.41, 5.74) is 2.32. The number of ether oxygens (including phenoxy) is 1. The summed E-state index contributed by atoms with van der Waals surface area (Å²) in [4.78, 5) is 12.0. The van der Waals surface area contributed by atoms with E-state index >= 15 is 0 Å². The molecular weight excluding hydrogens is 310 g/mol. The molecule has 1 amide bonds. The van der Waals surface area contributed by atoms with Crippen LogP contribution in [-0.4, -0.2) is 18.6 Å². The van der Waals surface area contributed by atoms with Gasteiger partial charge in [0.2, 0.25) is 0 Å². The maximum Gasteiger partial charge on any atom is 0.258 e. The molecule has 0 heterocycles. The van der Waals surface area contributed by atoms with Gasteiger partial charge in [0.15, 0.2) is 6.61 Å². The largest absolute Gasteiger partial charge is 0.482 e. The molecule has 23 heavy (non-hydrogen) atoms. The fourth-order valence-corrected chi connectivity index (χ4v) is 2.45. The van der Waals surface area contributed by atoms with Gasteiger partial charge >= 0.3 is 0 Å². The highest BCUT2D eigenvalue weighted by atomic mass is 35.5. The van der Waals surface area contributed by atoms with E-state index in [2.05, 4.69) is 17.4 Å². The first kappa shape index (κ1) is 17.4. The maximum atomic E-state index is 12.0. The van der Waals surface area contributed by atoms with Crippen LogP contribution in [-0.2, 0) is 11.2 Å². The van der Waals surface area contributed by atoms with E-state index in [9.17, 15) is 4.79 Å². The molecule has 0 aromatic heterocycles. The summed E-state index contributed by atoms with van der Waals surface area (Å²) >= 11 is 6.05. The van der Waals surface area contributed by atoms with Crippen LogP contribution < -0.4 is 10.1 Å². The van der Waals surface area contributed by atoms with E-state index in [1.165, 1.54) is 5.56 Å². The van der Waals surface area contributed by atoms with Crippen LogP contribution in [0.25, 0.3) is 0 Å². The van der Waals surface area contributed by atoms with Gasteiger partial charge in [0.05, 0.1) is 5.02 Å². The van der Waals surface area contributed by atoms with Crippen LogP contribution in [0.2, 0.25) is 5.02 Å². The van der Waals surface area contributed by atoms with Crippen molar-refractivity contribution in [2.24, 2.45) is 0 Å². The van der Waals surface area contributed by atoms with Gasteiger partial charge in [0.1, 0.15) is 5.75 Å². The van der Waals surface area contributed by atoms with Crippen molar-refractivity contribution in [3.63, 3.8) is 0 Å². The van der Waals surface area contributed by atoms with Crippen molar-refractivity contribution in [1.82, 2.24) is 5.32 Å². The molecule has 0 fully saturated rings. The average Bonchev–Trinajstić information content (AvgIpc) is 2.55. The van der Waals surface area contributed by atoms with Gasteiger partial charge in [-0.2, -0.15) is 0 Å². The molecule has 4 heteroatoms. The number of carbonyl (C=O) groups excluding carboxylic acids is 1. The Morgan fingerprint density at radius 1 is 1.22 bits per heavy atom. The summed E-state index contributed by atoms with van der Waals surface area (Å²) in [5.74, 6) is 0.405. The summed E-state index contributed by atoms with van der Waals surface area (Å²) in [6.45, 7) is 3.92. The molecular formula is C19H22ClNO2. The Morgan fingerprint density at radius 2 is 1.96 bits per heavy atom. The fourth-order valence-electron chi connectivity index (χ4n) is 2.28. The smallest absolute Gasteiger partial charge is 0.258 e. The highest BCUT2D eigenvalue weighted by Gasteiger charge is 2.10. The topological polar surface area (TPSA) is 38.3 Å². The van der Waals surface area contributed by atoms with Crippen molar-refractivity contribution >= 4 is 17.5 Å². The molecule has 0 spiro atoms. The van der Waals surface area contributed by atoms with Crippen LogP contribution in [0.4, 0.5) is 0 Å². The Kier molecular flexibility index (Phi) is 6.48. The summed E-state index contributed by atoms with van der Waals surface area (Å²) < 4.78 is 5.50. The first-order chi connectivity index (χ1) is 11.0. The molecule has 0 aliphatic rings. The van der Waals surface area contributed by atoms with Gasteiger partial charge in [-0.05, 0) is 49.9 Å². The average molecular weight is 332 g/mol. The van der Waals surface area contributed by atoms with Gasteiger partial charge in [-0.25, -0.2) is 0 Å². The minimum Gasteiger partial charge on any atom is -0.482 e. The Labute approximate surface area is 142 Å². The molecule has 1 atom stereocenters. The summed E-state index contributed by atoms with van der Waals surface area (Å²) in [6, 6.07) is 15.8. The van der Waals surface area contributed by atoms with Crippen LogP contribution in [0.15, 0.2) is 48.5 Å². The van der Waals surface area contributed by atoms with Gasteiger partial charge < -0.3 is 10.1 Å². The van der Waals surface area contributed by atoms with Crippen LogP contribution >= 0.6 is 11.6 Å². The molecule has 0 saturated heterocycles. The molecule has 122 valence electrons. The fraction of sp³-hybridized carbons (Fsp3) is 0.316. The summed E-state index contributed by atoms with van der Waals surface area (Å²) in [6.07, 6.45) is 1.83. The second-order valence-electron chi connectivity index (χ2n) is 5.72. The van der Waals surface area contributed by atoms with Crippen molar-refractivity contribution in [3.8, 4) is 5.75 Å². The van der Waals surface area contributed by atoms with E-state index in [1.807, 2.05) is 44.2 Å². The predicted octanol–water partition coefficient (Wildman–Crippen LogP) is 4.16. The maximum absolute atomic E-state index is 12.0. The lowest BCUT2D eigenvalue weighted by atomic mass is 10.1. The van der Waals surface area contributed by atoms with Crippen molar-refractivity contribution in [3.05, 3.63) is 64.7 Å². The van der Waals surface area contributed by atoms with E-state index in [0.29, 0.717) is 10.8 Å². The molecule has 1 unspecified atom stereocenters. The second kappa shape index (κ2) is 8.59. The number of nitrogens with one attached hydrogen (secondary N) is 1. The molecule has 0 saturated carbocycles. The molecule has 1 N–H and O–H groups in total. The Bertz CT molecular complexity index is 643. The lowest BCUT2D eigenvalue weighted by molar-refractivity contribution is -0.123. The number of hydrogen-bond donors (Lipinski definition) is 1. The molecule has 3 nitrogen and oxygen atoms in total. The molecule has 2 aromatic rings. The zero-order chi connectivity index (χ0) is 16.7. The quantitative estimate of drug-likeness (QED) is 0.827. The van der Waals surface area contributed by atoms with Crippen molar-refractivity contribution in [2.45, 2.75) is 32.7 Å². The Morgan fingerprint density at radius 3 is 2.70 bits per heavy atom. The lowest BCUT2D eigenvalue weighted by Crippen LogP contribution is -2.36. The predicted molar refractivity (Wildman–Crippen MR) is 94.1 cm³/mol. The third-order valence-electron chi connectivity index (χ3n) is 3.56. The van der Waals surface area contributed by atoms with Gasteiger partial charge in [-0.15, -0.1) is 0 Å². The lowest BCUT2D eigenvalue weighted by Gasteiger charge is -2.15. The molecule has 0 bridgehead atoms. The molecule has 2 aromatic carbocycles. The van der Waals surface area contributed by atoms with Crippen molar-refractivity contribution in [1.29, 1.82) is 0 Å². The molecule has 0 radical (unpaired) electrons. The monoisotopic (exact) mass is 331 g/mol. The number of hydrogen-bond acceptors (Lipinski definition) is 2. The van der Waals surface area contributed by atoms with Crippen LogP contribution in [0.5, 0.6) is 5.75 Å². The number of carbonyl (C=O) groups is 1. The van der Waals surface area contributed by atoms with Gasteiger partial charge in [-0.1, -0.05) is 48.0 Å². The van der Waals surface area contributed by atoms with Crippen LogP contribution in [0.1, 0.15) is 24.5 Å². The Hall–Kier alpha value is -2.00. The third kappa shape index (κ3) is 5.95. The SMILES string of the molecule is Cc1ccc(Cl)c(OCC(=O)NC(C)CCc2ccccc2)c1. The number of aryl methyl sites for hydroxylation is 2. The first-order valence-corrected chi connectivity index (χ1v) is 8.14. The van der Waals surface area contributed by atoms with E-state index in [1.54, 1.807) is 6.07 Å². The standard InChI is InChI=1S/C19H22ClNO2/c1-14-8-11-17(20)18(12-14)23-13-19(22)21-15(2)9-10-16-6-4-3-5-7-16/h3-8,11-12,15H,9-10,13H2,1-2H3,(H,21,22). The zero-order valence-corrected chi connectivity index (χ0v) is 14.3. The van der Waals surface area contributed by atoms with Crippen LogP contribution in [0, 0.1) is 6.92 Å². The normalized spacial score (nSPS) is 11.8. The highest BCUT2D eigenvalue weighted by molar-refractivity contribution is 6.32. The highest BCUT2D eigenvalue weighted by Crippen LogP contribution is 2.25. The van der Waals surface area contributed by atoms with Crippen molar-refractivity contribution in [2.75, 3.05) is 6.61 Å². The zero-order valence-electron chi connectivity index (χ0n) is 13.5. The summed E-state index contributed by atoms with van der Waals surface area (Å²) in [5, 5.41) is 3.46. The number of benzene rings is 2. The number of rotatable bonds is 7. The number of halogens is 1. The van der Waals surface area contributed by atoms with Gasteiger partial charge in [0.25, 0.3) is 5.91 Å². The minimum absolute atomic E-state index is 0.0289. The van der Waals surface area contributed by atoms with Crippen molar-refractivity contribution < 1.29 is 9.53 Å². The third-order valence-corrected chi connectivity index (χ3v) is 3.87. The van der Waals surface area contributed by atoms with Gasteiger partial charge in [-0.3, -0.25) is 4.79 Å². The van der Waals surface area contributed by atoms with E-state index in [0.717, 1.165) is 18.4 Å². The molecule has 0 aliphatic heterocycles.